The third kappa shape index (κ3) is 3.66. The number of halogens is 4. The van der Waals surface area contributed by atoms with Crippen molar-refractivity contribution in [3.63, 3.8) is 0 Å². The molecule has 0 saturated carbocycles. The second-order valence-corrected chi connectivity index (χ2v) is 5.60. The Balaban J connectivity index is 1.95. The molecule has 1 amide bonds. The monoisotopic (exact) mass is 367 g/mol. The van der Waals surface area contributed by atoms with Gasteiger partial charge in [0.25, 0.3) is 5.91 Å². The molecule has 8 heteroatoms. The van der Waals surface area contributed by atoms with Crippen molar-refractivity contribution in [2.45, 2.75) is 6.18 Å². The lowest BCUT2D eigenvalue weighted by molar-refractivity contribution is -0.137. The van der Waals surface area contributed by atoms with E-state index in [-0.39, 0.29) is 16.8 Å². The summed E-state index contributed by atoms with van der Waals surface area (Å²) in [5.41, 5.74) is -2.01. The largest absolute Gasteiger partial charge is 0.422 e. The van der Waals surface area contributed by atoms with Crippen molar-refractivity contribution in [2.24, 2.45) is 0 Å². The maximum atomic E-state index is 12.7. The Morgan fingerprint density at radius 1 is 1.08 bits per heavy atom. The number of amides is 1. The number of anilines is 1. The zero-order chi connectivity index (χ0) is 18.2. The number of rotatable bonds is 2. The second kappa shape index (κ2) is 6.25. The Hall–Kier alpha value is -2.80. The van der Waals surface area contributed by atoms with E-state index in [1.54, 1.807) is 0 Å². The van der Waals surface area contributed by atoms with Gasteiger partial charge in [-0.1, -0.05) is 17.7 Å². The molecule has 0 atom stereocenters. The number of nitrogens with one attached hydrogen (secondary N) is 1. The van der Waals surface area contributed by atoms with Crippen molar-refractivity contribution in [2.75, 3.05) is 5.32 Å². The van der Waals surface area contributed by atoms with Crippen LogP contribution in [-0.4, -0.2) is 5.91 Å². The number of fused-ring (bicyclic) bond motifs is 1. The first-order chi connectivity index (χ1) is 11.7. The van der Waals surface area contributed by atoms with Crippen molar-refractivity contribution >= 4 is 34.2 Å². The normalized spacial score (nSPS) is 11.5. The van der Waals surface area contributed by atoms with Gasteiger partial charge in [-0.25, -0.2) is 4.79 Å². The average Bonchev–Trinajstić information content (AvgIpc) is 2.54. The highest BCUT2D eigenvalue weighted by molar-refractivity contribution is 6.31. The van der Waals surface area contributed by atoms with Gasteiger partial charge >= 0.3 is 11.8 Å². The van der Waals surface area contributed by atoms with Gasteiger partial charge in [0, 0.05) is 16.1 Å². The molecular weight excluding hydrogens is 359 g/mol. The predicted molar refractivity (Wildman–Crippen MR) is 86.9 cm³/mol. The van der Waals surface area contributed by atoms with Crippen molar-refractivity contribution in [1.29, 1.82) is 0 Å². The molecule has 0 saturated heterocycles. The maximum Gasteiger partial charge on any atom is 0.416 e. The molecule has 1 N–H and O–H groups in total. The Kier molecular flexibility index (Phi) is 4.26. The van der Waals surface area contributed by atoms with Gasteiger partial charge in [0.15, 0.2) is 0 Å². The van der Waals surface area contributed by atoms with Gasteiger partial charge in [0.1, 0.15) is 11.1 Å². The fourth-order valence-electron chi connectivity index (χ4n) is 2.22. The highest BCUT2D eigenvalue weighted by atomic mass is 35.5. The van der Waals surface area contributed by atoms with Crippen LogP contribution in [0.2, 0.25) is 5.02 Å². The van der Waals surface area contributed by atoms with Crippen LogP contribution < -0.4 is 10.9 Å². The standard InChI is InChI=1S/C17H9ClF3NO3/c18-11-4-5-14-9(6-11)7-13(16(24)25-14)15(23)22-12-3-1-2-10(8-12)17(19,20)21/h1-8H,(H,22,23). The van der Waals surface area contributed by atoms with Crippen molar-refractivity contribution in [1.82, 2.24) is 0 Å². The van der Waals surface area contributed by atoms with Crippen LogP contribution in [0.25, 0.3) is 11.0 Å². The highest BCUT2D eigenvalue weighted by Gasteiger charge is 2.30. The predicted octanol–water partition coefficient (Wildman–Crippen LogP) is 4.72. The minimum Gasteiger partial charge on any atom is -0.422 e. The molecule has 1 aromatic heterocycles. The van der Waals surface area contributed by atoms with E-state index in [0.29, 0.717) is 10.4 Å². The van der Waals surface area contributed by atoms with Crippen LogP contribution in [0.15, 0.2) is 57.7 Å². The zero-order valence-corrected chi connectivity index (χ0v) is 13.1. The molecule has 0 aliphatic rings. The van der Waals surface area contributed by atoms with Crippen LogP contribution in [0, 0.1) is 0 Å². The lowest BCUT2D eigenvalue weighted by atomic mass is 10.1. The number of carbonyl (C=O) groups excluding carboxylic acids is 1. The Bertz CT molecular complexity index is 1030. The first-order valence-electron chi connectivity index (χ1n) is 6.96. The lowest BCUT2D eigenvalue weighted by Gasteiger charge is -2.09. The number of hydrogen-bond acceptors (Lipinski definition) is 3. The summed E-state index contributed by atoms with van der Waals surface area (Å²) >= 11 is 5.85. The van der Waals surface area contributed by atoms with Gasteiger partial charge in [0.2, 0.25) is 0 Å². The van der Waals surface area contributed by atoms with Crippen molar-refractivity contribution < 1.29 is 22.4 Å². The molecule has 2 aromatic carbocycles. The SMILES string of the molecule is O=C(Nc1cccc(C(F)(F)F)c1)c1cc2cc(Cl)ccc2oc1=O. The summed E-state index contributed by atoms with van der Waals surface area (Å²) in [7, 11) is 0. The number of carbonyl (C=O) groups is 1. The summed E-state index contributed by atoms with van der Waals surface area (Å²) in [6.07, 6.45) is -4.54. The molecule has 25 heavy (non-hydrogen) atoms. The summed E-state index contributed by atoms with van der Waals surface area (Å²) in [4.78, 5) is 24.2. The van der Waals surface area contributed by atoms with E-state index < -0.39 is 23.3 Å². The van der Waals surface area contributed by atoms with E-state index in [1.165, 1.54) is 30.3 Å². The molecule has 0 aliphatic carbocycles. The number of hydrogen-bond donors (Lipinski definition) is 1. The van der Waals surface area contributed by atoms with E-state index in [1.807, 2.05) is 0 Å². The summed E-state index contributed by atoms with van der Waals surface area (Å²) in [6, 6.07) is 9.87. The molecule has 4 nitrogen and oxygen atoms in total. The quantitative estimate of drug-likeness (QED) is 0.667. The average molecular weight is 368 g/mol. The molecule has 128 valence electrons. The summed E-state index contributed by atoms with van der Waals surface area (Å²) < 4.78 is 43.2. The fraction of sp³-hybridized carbons (Fsp3) is 0.0588. The molecule has 1 heterocycles. The molecule has 0 radical (unpaired) electrons. The van der Waals surface area contributed by atoms with Gasteiger partial charge in [-0.05, 0) is 42.5 Å². The van der Waals surface area contributed by atoms with Crippen LogP contribution >= 0.6 is 11.6 Å². The molecule has 0 spiro atoms. The smallest absolute Gasteiger partial charge is 0.416 e. The first kappa shape index (κ1) is 17.0. The fourth-order valence-corrected chi connectivity index (χ4v) is 2.40. The summed E-state index contributed by atoms with van der Waals surface area (Å²) in [5, 5.41) is 3.06. The van der Waals surface area contributed by atoms with E-state index >= 15 is 0 Å². The Labute approximate surface area is 143 Å². The second-order valence-electron chi connectivity index (χ2n) is 5.16. The van der Waals surface area contributed by atoms with E-state index in [2.05, 4.69) is 5.32 Å². The Morgan fingerprint density at radius 2 is 1.84 bits per heavy atom. The molecule has 0 bridgehead atoms. The lowest BCUT2D eigenvalue weighted by Crippen LogP contribution is -2.21. The van der Waals surface area contributed by atoms with E-state index in [0.717, 1.165) is 18.2 Å². The molecular formula is C17H9ClF3NO3. The Morgan fingerprint density at radius 3 is 2.56 bits per heavy atom. The van der Waals surface area contributed by atoms with E-state index in [9.17, 15) is 22.8 Å². The van der Waals surface area contributed by atoms with Crippen molar-refractivity contribution in [3.05, 3.63) is 75.1 Å². The first-order valence-corrected chi connectivity index (χ1v) is 7.34. The van der Waals surface area contributed by atoms with Crippen LogP contribution in [0.1, 0.15) is 15.9 Å². The highest BCUT2D eigenvalue weighted by Crippen LogP contribution is 2.30. The summed E-state index contributed by atoms with van der Waals surface area (Å²) in [6.45, 7) is 0. The maximum absolute atomic E-state index is 12.7. The van der Waals surface area contributed by atoms with Crippen LogP contribution in [0.3, 0.4) is 0 Å². The van der Waals surface area contributed by atoms with Crippen molar-refractivity contribution in [3.8, 4) is 0 Å². The van der Waals surface area contributed by atoms with Gasteiger partial charge < -0.3 is 9.73 Å². The van der Waals surface area contributed by atoms with Gasteiger partial charge in [-0.15, -0.1) is 0 Å². The number of benzene rings is 2. The minimum atomic E-state index is -4.54. The number of alkyl halides is 3. The van der Waals surface area contributed by atoms with E-state index in [4.69, 9.17) is 16.0 Å². The molecule has 0 fully saturated rings. The molecule has 0 unspecified atom stereocenters. The summed E-state index contributed by atoms with van der Waals surface area (Å²) in [5.74, 6) is -0.880. The van der Waals surface area contributed by atoms with Crippen LogP contribution in [0.5, 0.6) is 0 Å². The zero-order valence-electron chi connectivity index (χ0n) is 12.4. The molecule has 0 aliphatic heterocycles. The van der Waals surface area contributed by atoms with Gasteiger partial charge in [0.05, 0.1) is 5.56 Å². The minimum absolute atomic E-state index is 0.0922. The van der Waals surface area contributed by atoms with Crippen LogP contribution in [0.4, 0.5) is 18.9 Å². The van der Waals surface area contributed by atoms with Gasteiger partial charge in [-0.2, -0.15) is 13.2 Å². The molecule has 3 aromatic rings. The third-order valence-corrected chi connectivity index (χ3v) is 3.62. The topological polar surface area (TPSA) is 59.3 Å². The molecule has 3 rings (SSSR count). The third-order valence-electron chi connectivity index (χ3n) is 3.39. The van der Waals surface area contributed by atoms with Gasteiger partial charge in [-0.3, -0.25) is 4.79 Å². The van der Waals surface area contributed by atoms with Crippen LogP contribution in [-0.2, 0) is 6.18 Å².